The van der Waals surface area contributed by atoms with Gasteiger partial charge >= 0.3 is 0 Å². The van der Waals surface area contributed by atoms with E-state index in [-0.39, 0.29) is 5.91 Å². The van der Waals surface area contributed by atoms with Gasteiger partial charge in [0.1, 0.15) is 0 Å². The first kappa shape index (κ1) is 13.1. The van der Waals surface area contributed by atoms with Crippen LogP contribution in [0.15, 0.2) is 6.20 Å². The number of rotatable bonds is 7. The Morgan fingerprint density at radius 1 is 1.56 bits per heavy atom. The predicted molar refractivity (Wildman–Crippen MR) is 66.5 cm³/mol. The molecule has 0 spiro atoms. The lowest BCUT2D eigenvalue weighted by molar-refractivity contribution is -0.120. The van der Waals surface area contributed by atoms with Gasteiger partial charge in [0.05, 0.1) is 11.6 Å². The summed E-state index contributed by atoms with van der Waals surface area (Å²) in [5, 5.41) is 7.02. The highest BCUT2D eigenvalue weighted by molar-refractivity contribution is 7.11. The smallest absolute Gasteiger partial charge is 0.233 e. The highest BCUT2D eigenvalue weighted by Gasteiger charge is 2.01. The molecule has 0 radical (unpaired) electrons. The largest absolute Gasteiger partial charge is 0.355 e. The zero-order valence-electron chi connectivity index (χ0n) is 9.88. The third-order valence-corrected chi connectivity index (χ3v) is 3.02. The van der Waals surface area contributed by atoms with Gasteiger partial charge in [-0.25, -0.2) is 4.98 Å². The summed E-state index contributed by atoms with van der Waals surface area (Å²) >= 11 is 1.66. The van der Waals surface area contributed by atoms with Gasteiger partial charge in [0.2, 0.25) is 5.91 Å². The minimum Gasteiger partial charge on any atom is -0.355 e. The standard InChI is InChI=1S/C11H19N3OS/c1-3-4-5-13-11(15)8-12-6-10-7-14-9(2)16-10/h7,12H,3-6,8H2,1-2H3,(H,13,15). The molecule has 1 amide bonds. The number of unbranched alkanes of at least 4 members (excludes halogenated alkanes) is 1. The molecule has 1 aromatic rings. The molecule has 1 rings (SSSR count). The van der Waals surface area contributed by atoms with E-state index in [1.807, 2.05) is 13.1 Å². The van der Waals surface area contributed by atoms with Crippen molar-refractivity contribution in [1.82, 2.24) is 15.6 Å². The lowest BCUT2D eigenvalue weighted by Gasteiger charge is -2.04. The summed E-state index contributed by atoms with van der Waals surface area (Å²) in [7, 11) is 0. The zero-order chi connectivity index (χ0) is 11.8. The van der Waals surface area contributed by atoms with Gasteiger partial charge in [-0.1, -0.05) is 13.3 Å². The Morgan fingerprint density at radius 2 is 2.38 bits per heavy atom. The minimum absolute atomic E-state index is 0.0645. The molecule has 2 N–H and O–H groups in total. The quantitative estimate of drug-likeness (QED) is 0.711. The van der Waals surface area contributed by atoms with Crippen LogP contribution in [-0.4, -0.2) is 24.0 Å². The van der Waals surface area contributed by atoms with E-state index >= 15 is 0 Å². The second-order valence-corrected chi connectivity index (χ2v) is 4.97. The van der Waals surface area contributed by atoms with Crippen molar-refractivity contribution in [2.45, 2.75) is 33.2 Å². The Labute approximate surface area is 100 Å². The molecule has 1 heterocycles. The Kier molecular flexibility index (Phi) is 6.03. The lowest BCUT2D eigenvalue weighted by atomic mass is 10.3. The Morgan fingerprint density at radius 3 is 3.00 bits per heavy atom. The fourth-order valence-electron chi connectivity index (χ4n) is 1.25. The number of nitrogens with one attached hydrogen (secondary N) is 2. The molecule has 0 aliphatic heterocycles. The fourth-order valence-corrected chi connectivity index (χ4v) is 2.02. The molecule has 0 aromatic carbocycles. The topological polar surface area (TPSA) is 54.0 Å². The Hall–Kier alpha value is -0.940. The van der Waals surface area contributed by atoms with Crippen molar-refractivity contribution in [2.75, 3.05) is 13.1 Å². The average molecular weight is 241 g/mol. The van der Waals surface area contributed by atoms with Crippen molar-refractivity contribution >= 4 is 17.2 Å². The average Bonchev–Trinajstić information content (AvgIpc) is 2.65. The second-order valence-electron chi connectivity index (χ2n) is 3.65. The fraction of sp³-hybridized carbons (Fsp3) is 0.636. The van der Waals surface area contributed by atoms with Crippen molar-refractivity contribution in [2.24, 2.45) is 0 Å². The molecule has 1 aromatic heterocycles. The summed E-state index contributed by atoms with van der Waals surface area (Å²) in [4.78, 5) is 16.6. The number of carbonyl (C=O) groups excluding carboxylic acids is 1. The molecule has 4 nitrogen and oxygen atoms in total. The van der Waals surface area contributed by atoms with Crippen LogP contribution in [0, 0.1) is 6.92 Å². The molecule has 16 heavy (non-hydrogen) atoms. The first-order valence-electron chi connectivity index (χ1n) is 5.61. The molecular weight excluding hydrogens is 222 g/mol. The van der Waals surface area contributed by atoms with E-state index in [0.717, 1.165) is 24.4 Å². The molecule has 0 fully saturated rings. The molecule has 0 bridgehead atoms. The number of aromatic nitrogens is 1. The maximum absolute atomic E-state index is 11.3. The number of hydrogen-bond acceptors (Lipinski definition) is 4. The van der Waals surface area contributed by atoms with Crippen LogP contribution in [0.1, 0.15) is 29.7 Å². The van der Waals surface area contributed by atoms with Crippen LogP contribution >= 0.6 is 11.3 Å². The number of nitrogens with zero attached hydrogens (tertiary/aromatic N) is 1. The predicted octanol–water partition coefficient (Wildman–Crippen LogP) is 1.46. The van der Waals surface area contributed by atoms with Gasteiger partial charge in [-0.05, 0) is 13.3 Å². The van der Waals surface area contributed by atoms with Crippen molar-refractivity contribution in [3.8, 4) is 0 Å². The third-order valence-electron chi connectivity index (χ3n) is 2.11. The van der Waals surface area contributed by atoms with Crippen LogP contribution in [0.2, 0.25) is 0 Å². The summed E-state index contributed by atoms with van der Waals surface area (Å²) in [5.74, 6) is 0.0645. The summed E-state index contributed by atoms with van der Waals surface area (Å²) in [6.45, 7) is 5.95. The van der Waals surface area contributed by atoms with Crippen LogP contribution < -0.4 is 10.6 Å². The SMILES string of the molecule is CCCCNC(=O)CNCc1cnc(C)s1. The van der Waals surface area contributed by atoms with E-state index in [4.69, 9.17) is 0 Å². The first-order chi connectivity index (χ1) is 7.72. The highest BCUT2D eigenvalue weighted by Crippen LogP contribution is 2.10. The minimum atomic E-state index is 0.0645. The van der Waals surface area contributed by atoms with E-state index in [0.29, 0.717) is 13.1 Å². The maximum atomic E-state index is 11.3. The number of carbonyl (C=O) groups is 1. The molecular formula is C11H19N3OS. The summed E-state index contributed by atoms with van der Waals surface area (Å²) < 4.78 is 0. The molecule has 0 atom stereocenters. The highest BCUT2D eigenvalue weighted by atomic mass is 32.1. The van der Waals surface area contributed by atoms with Crippen LogP contribution in [0.3, 0.4) is 0 Å². The van der Waals surface area contributed by atoms with E-state index in [2.05, 4.69) is 22.5 Å². The molecule has 0 unspecified atom stereocenters. The molecule has 5 heteroatoms. The van der Waals surface area contributed by atoms with E-state index in [1.165, 1.54) is 4.88 Å². The van der Waals surface area contributed by atoms with Gasteiger partial charge < -0.3 is 10.6 Å². The maximum Gasteiger partial charge on any atom is 0.233 e. The third kappa shape index (κ3) is 5.23. The Bertz CT molecular complexity index is 325. The summed E-state index contributed by atoms with van der Waals surface area (Å²) in [6.07, 6.45) is 4.00. The monoisotopic (exact) mass is 241 g/mol. The second kappa shape index (κ2) is 7.35. The van der Waals surface area contributed by atoms with Crippen molar-refractivity contribution in [3.63, 3.8) is 0 Å². The van der Waals surface area contributed by atoms with E-state index in [9.17, 15) is 4.79 Å². The molecule has 0 aliphatic rings. The van der Waals surface area contributed by atoms with Crippen LogP contribution in [0.5, 0.6) is 0 Å². The van der Waals surface area contributed by atoms with Crippen LogP contribution in [0.4, 0.5) is 0 Å². The molecule has 0 saturated heterocycles. The first-order valence-corrected chi connectivity index (χ1v) is 6.42. The zero-order valence-corrected chi connectivity index (χ0v) is 10.7. The van der Waals surface area contributed by atoms with Gasteiger partial charge in [0.15, 0.2) is 0 Å². The molecule has 90 valence electrons. The van der Waals surface area contributed by atoms with E-state index < -0.39 is 0 Å². The van der Waals surface area contributed by atoms with Crippen LogP contribution in [0.25, 0.3) is 0 Å². The van der Waals surface area contributed by atoms with Crippen molar-refractivity contribution in [3.05, 3.63) is 16.1 Å². The normalized spacial score (nSPS) is 10.4. The molecule has 0 saturated carbocycles. The van der Waals surface area contributed by atoms with Gasteiger partial charge in [-0.15, -0.1) is 11.3 Å². The van der Waals surface area contributed by atoms with Gasteiger partial charge in [0.25, 0.3) is 0 Å². The Balaban J connectivity index is 2.08. The van der Waals surface area contributed by atoms with Crippen LogP contribution in [-0.2, 0) is 11.3 Å². The molecule has 0 aliphatic carbocycles. The van der Waals surface area contributed by atoms with Gasteiger partial charge in [0, 0.05) is 24.2 Å². The van der Waals surface area contributed by atoms with Crippen molar-refractivity contribution in [1.29, 1.82) is 0 Å². The van der Waals surface area contributed by atoms with Crippen molar-refractivity contribution < 1.29 is 4.79 Å². The van der Waals surface area contributed by atoms with E-state index in [1.54, 1.807) is 11.3 Å². The summed E-state index contributed by atoms with van der Waals surface area (Å²) in [5.41, 5.74) is 0. The number of thiazole rings is 1. The number of hydrogen-bond donors (Lipinski definition) is 2. The van der Waals surface area contributed by atoms with Gasteiger partial charge in [-0.3, -0.25) is 4.79 Å². The number of aryl methyl sites for hydroxylation is 1. The summed E-state index contributed by atoms with van der Waals surface area (Å²) in [6, 6.07) is 0. The number of amides is 1. The lowest BCUT2D eigenvalue weighted by Crippen LogP contribution is -2.33. The van der Waals surface area contributed by atoms with Gasteiger partial charge in [-0.2, -0.15) is 0 Å².